The maximum Gasteiger partial charge on any atom is 0.333 e. The van der Waals surface area contributed by atoms with Crippen LogP contribution in [-0.2, 0) is 19.1 Å². The second kappa shape index (κ2) is 11.0. The highest BCUT2D eigenvalue weighted by atomic mass is 16.6. The highest BCUT2D eigenvalue weighted by Gasteiger charge is 2.81. The van der Waals surface area contributed by atoms with Crippen LogP contribution in [0.4, 0.5) is 0 Å². The normalized spacial score (nSPS) is 41.5. The predicted octanol–water partition coefficient (Wildman–Crippen LogP) is 4.40. The van der Waals surface area contributed by atoms with Gasteiger partial charge in [-0.1, -0.05) is 61.9 Å². The molecule has 0 spiro atoms. The van der Waals surface area contributed by atoms with Crippen LogP contribution in [0.5, 0.6) is 0 Å². The van der Waals surface area contributed by atoms with Crippen molar-refractivity contribution in [2.24, 2.45) is 16.7 Å². The summed E-state index contributed by atoms with van der Waals surface area (Å²) in [5.41, 5.74) is -5.28. The molecule has 0 heterocycles. The van der Waals surface area contributed by atoms with Crippen LogP contribution in [0.15, 0.2) is 59.7 Å². The fraction of sp³-hybridized carbons (Fsp3) is 0.600. The van der Waals surface area contributed by atoms with E-state index in [1.165, 1.54) is 6.08 Å². The van der Waals surface area contributed by atoms with Crippen molar-refractivity contribution >= 4 is 18.0 Å². The zero-order valence-corrected chi connectivity index (χ0v) is 25.9. The summed E-state index contributed by atoms with van der Waals surface area (Å²) in [7, 11) is 0. The van der Waals surface area contributed by atoms with Gasteiger partial charge >= 0.3 is 11.9 Å². The maximum absolute atomic E-state index is 13.4. The van der Waals surface area contributed by atoms with E-state index in [0.717, 1.165) is 11.1 Å². The van der Waals surface area contributed by atoms with Gasteiger partial charge in [-0.3, -0.25) is 0 Å². The molecule has 3 fully saturated rings. The van der Waals surface area contributed by atoms with E-state index in [2.05, 4.69) is 6.92 Å². The van der Waals surface area contributed by atoms with Gasteiger partial charge in [-0.2, -0.15) is 0 Å². The number of esters is 2. The van der Waals surface area contributed by atoms with Gasteiger partial charge < -0.3 is 29.9 Å². The summed E-state index contributed by atoms with van der Waals surface area (Å²) in [5, 5.41) is 48.4. The van der Waals surface area contributed by atoms with Crippen LogP contribution >= 0.6 is 0 Å². The van der Waals surface area contributed by atoms with Crippen molar-refractivity contribution in [3.8, 4) is 0 Å². The van der Waals surface area contributed by atoms with Crippen molar-refractivity contribution in [1.82, 2.24) is 0 Å². The smallest absolute Gasteiger partial charge is 0.333 e. The van der Waals surface area contributed by atoms with Gasteiger partial charge in [0.15, 0.2) is 0 Å². The van der Waals surface area contributed by atoms with Crippen LogP contribution in [-0.4, -0.2) is 67.5 Å². The van der Waals surface area contributed by atoms with Gasteiger partial charge in [-0.05, 0) is 82.8 Å². The molecule has 4 N–H and O–H groups in total. The maximum atomic E-state index is 13.4. The lowest BCUT2D eigenvalue weighted by Gasteiger charge is -2.67. The molecule has 0 aromatic heterocycles. The summed E-state index contributed by atoms with van der Waals surface area (Å²) in [5.74, 6) is -1.73. The number of carbonyl (C=O) groups excluding carboxylic acids is 2. The summed E-state index contributed by atoms with van der Waals surface area (Å²) in [6.45, 7) is 8.65. The van der Waals surface area contributed by atoms with Crippen molar-refractivity contribution in [1.29, 1.82) is 0 Å². The van der Waals surface area contributed by atoms with Crippen LogP contribution in [0, 0.1) is 16.7 Å². The van der Waals surface area contributed by atoms with Gasteiger partial charge in [-0.15, -0.1) is 0 Å². The van der Waals surface area contributed by atoms with E-state index < -0.39 is 63.8 Å². The molecular weight excluding hydrogens is 548 g/mol. The number of hydrogen-bond acceptors (Lipinski definition) is 8. The van der Waals surface area contributed by atoms with E-state index >= 15 is 0 Å². The highest BCUT2D eigenvalue weighted by molar-refractivity contribution is 5.88. The SMILES string of the molecule is CC=C(C)C(=O)O[C@@H](C)[C@@]1(O)CC[C@]2(O)[C@]1(C)[C@H](OC(=O)C=Cc1ccccc1)C[C@@H]1[C@@]3(C)CC[C@H](O)CC3=CC[C@]12O. The van der Waals surface area contributed by atoms with Gasteiger partial charge in [0.05, 0.1) is 11.5 Å². The largest absolute Gasteiger partial charge is 0.458 e. The number of allylic oxidation sites excluding steroid dienone is 1. The van der Waals surface area contributed by atoms with Crippen molar-refractivity contribution in [2.75, 3.05) is 0 Å². The molecule has 1 aromatic rings. The van der Waals surface area contributed by atoms with Crippen molar-refractivity contribution in [3.05, 3.63) is 65.3 Å². The number of carbonyl (C=O) groups is 2. The first-order chi connectivity index (χ1) is 20.2. The molecule has 234 valence electrons. The zero-order valence-electron chi connectivity index (χ0n) is 25.9. The quantitative estimate of drug-likeness (QED) is 0.216. The summed E-state index contributed by atoms with van der Waals surface area (Å²) < 4.78 is 11.9. The van der Waals surface area contributed by atoms with E-state index in [1.54, 1.807) is 39.8 Å². The van der Waals surface area contributed by atoms with Crippen LogP contribution < -0.4 is 0 Å². The Labute approximate surface area is 254 Å². The summed E-state index contributed by atoms with van der Waals surface area (Å²) >= 11 is 0. The Bertz CT molecular complexity index is 1350. The zero-order chi connectivity index (χ0) is 31.4. The molecule has 4 aliphatic rings. The van der Waals surface area contributed by atoms with Crippen molar-refractivity contribution in [2.45, 2.75) is 115 Å². The molecule has 4 aliphatic carbocycles. The Hall–Kier alpha value is -2.78. The minimum Gasteiger partial charge on any atom is -0.458 e. The molecule has 1 aromatic carbocycles. The molecule has 0 bridgehead atoms. The van der Waals surface area contributed by atoms with Crippen LogP contribution in [0.25, 0.3) is 6.08 Å². The Morgan fingerprint density at radius 2 is 1.77 bits per heavy atom. The second-order valence-corrected chi connectivity index (χ2v) is 13.6. The third-order valence-electron chi connectivity index (χ3n) is 11.8. The molecule has 8 nitrogen and oxygen atoms in total. The van der Waals surface area contributed by atoms with Gasteiger partial charge in [0.25, 0.3) is 0 Å². The Morgan fingerprint density at radius 1 is 1.07 bits per heavy atom. The van der Waals surface area contributed by atoms with Crippen molar-refractivity contribution < 1.29 is 39.5 Å². The molecule has 0 unspecified atom stereocenters. The number of aliphatic hydroxyl groups is 4. The van der Waals surface area contributed by atoms with Gasteiger partial charge in [0.2, 0.25) is 0 Å². The minimum atomic E-state index is -1.89. The van der Waals surface area contributed by atoms with Crippen LogP contribution in [0.3, 0.4) is 0 Å². The molecule has 0 amide bonds. The second-order valence-electron chi connectivity index (χ2n) is 13.6. The molecule has 8 heteroatoms. The third-order valence-corrected chi connectivity index (χ3v) is 11.8. The number of fused-ring (bicyclic) bond motifs is 5. The third kappa shape index (κ3) is 4.64. The van der Waals surface area contributed by atoms with Gasteiger partial charge in [-0.25, -0.2) is 9.59 Å². The number of benzene rings is 1. The molecule has 43 heavy (non-hydrogen) atoms. The first-order valence-corrected chi connectivity index (χ1v) is 15.5. The summed E-state index contributed by atoms with van der Waals surface area (Å²) in [6, 6.07) is 9.32. The summed E-state index contributed by atoms with van der Waals surface area (Å²) in [6.07, 6.45) is 6.00. The number of aliphatic hydroxyl groups excluding tert-OH is 1. The lowest BCUT2D eigenvalue weighted by molar-refractivity contribution is -0.326. The monoisotopic (exact) mass is 594 g/mol. The first kappa shape index (κ1) is 31.6. The van der Waals surface area contributed by atoms with E-state index in [1.807, 2.05) is 36.4 Å². The Kier molecular flexibility index (Phi) is 8.08. The van der Waals surface area contributed by atoms with Gasteiger partial charge in [0, 0.05) is 17.6 Å². The minimum absolute atomic E-state index is 0.0211. The molecule has 3 saturated carbocycles. The van der Waals surface area contributed by atoms with Gasteiger partial charge in [0.1, 0.15) is 29.0 Å². The van der Waals surface area contributed by atoms with Crippen LogP contribution in [0.2, 0.25) is 0 Å². The van der Waals surface area contributed by atoms with E-state index in [4.69, 9.17) is 9.47 Å². The fourth-order valence-electron chi connectivity index (χ4n) is 8.87. The molecule has 0 aliphatic heterocycles. The fourth-order valence-corrected chi connectivity index (χ4v) is 8.87. The van der Waals surface area contributed by atoms with E-state index in [0.29, 0.717) is 24.8 Å². The van der Waals surface area contributed by atoms with E-state index in [9.17, 15) is 30.0 Å². The Morgan fingerprint density at radius 3 is 2.44 bits per heavy atom. The molecule has 0 radical (unpaired) electrons. The number of rotatable bonds is 6. The summed E-state index contributed by atoms with van der Waals surface area (Å²) in [4.78, 5) is 26.2. The number of ether oxygens (including phenoxy) is 2. The topological polar surface area (TPSA) is 134 Å². The average Bonchev–Trinajstić information content (AvgIpc) is 3.22. The molecular formula is C35H46O8. The lowest BCUT2D eigenvalue weighted by atomic mass is 9.42. The average molecular weight is 595 g/mol. The Balaban J connectivity index is 1.58. The molecule has 0 saturated heterocycles. The van der Waals surface area contributed by atoms with Crippen LogP contribution in [0.1, 0.15) is 85.1 Å². The highest BCUT2D eigenvalue weighted by Crippen LogP contribution is 2.71. The first-order valence-electron chi connectivity index (χ1n) is 15.5. The predicted molar refractivity (Wildman–Crippen MR) is 161 cm³/mol. The van der Waals surface area contributed by atoms with E-state index in [-0.39, 0.29) is 25.7 Å². The molecule has 5 rings (SSSR count). The van der Waals surface area contributed by atoms with Crippen molar-refractivity contribution in [3.63, 3.8) is 0 Å². The number of hydrogen-bond donors (Lipinski definition) is 4. The standard InChI is InChI=1S/C35H46O8/c1-6-22(2)30(38)42-23(3)33(39)18-19-35(41)32(33,5)28(43-29(37)13-12-24-10-8-7-9-11-24)21-27-31(4)16-15-26(36)20-25(31)14-17-34(27,35)40/h6-14,23,26-28,36,39-41H,15-21H2,1-5H3/t23-,26-,27+,28+,31-,32+,33-,34-,35-/m0/s1. The lowest BCUT2D eigenvalue weighted by Crippen LogP contribution is -2.78. The molecule has 9 atom stereocenters.